The fourth-order valence-electron chi connectivity index (χ4n) is 3.28. The Morgan fingerprint density at radius 2 is 2.00 bits per heavy atom. The lowest BCUT2D eigenvalue weighted by molar-refractivity contribution is -0.0488. The van der Waals surface area contributed by atoms with Gasteiger partial charge in [0.1, 0.15) is 13.9 Å². The predicted octanol–water partition coefficient (Wildman–Crippen LogP) is 3.50. The van der Waals surface area contributed by atoms with Gasteiger partial charge in [0.2, 0.25) is 0 Å². The van der Waals surface area contributed by atoms with Crippen LogP contribution in [-0.2, 0) is 4.74 Å². The van der Waals surface area contributed by atoms with Crippen LogP contribution in [-0.4, -0.2) is 27.8 Å². The summed E-state index contributed by atoms with van der Waals surface area (Å²) in [7, 11) is -1.42. The van der Waals surface area contributed by atoms with Crippen LogP contribution in [0.15, 0.2) is 18.2 Å². The van der Waals surface area contributed by atoms with Crippen molar-refractivity contribution in [3.05, 3.63) is 35.1 Å². The van der Waals surface area contributed by atoms with Crippen molar-refractivity contribution in [1.82, 2.24) is 5.32 Å². The molecule has 118 valence electrons. The fourth-order valence-corrected chi connectivity index (χ4v) is 3.80. The molecule has 22 heavy (non-hydrogen) atoms. The Bertz CT molecular complexity index is 620. The van der Waals surface area contributed by atoms with Crippen molar-refractivity contribution < 1.29 is 9.13 Å². The number of hydrogen-bond donors (Lipinski definition) is 1. The highest BCUT2D eigenvalue weighted by molar-refractivity contribution is 6.83. The Kier molecular flexibility index (Phi) is 4.15. The second-order valence-electron chi connectivity index (χ2n) is 7.52. The molecule has 0 amide bonds. The van der Waals surface area contributed by atoms with Gasteiger partial charge in [-0.3, -0.25) is 0 Å². The molecule has 2 aliphatic heterocycles. The lowest BCUT2D eigenvalue weighted by atomic mass is 9.65. The third-order valence-electron chi connectivity index (χ3n) is 4.65. The van der Waals surface area contributed by atoms with Crippen molar-refractivity contribution in [3.8, 4) is 11.5 Å². The molecule has 1 aromatic rings. The highest BCUT2D eigenvalue weighted by Gasteiger charge is 2.48. The molecular weight excluding hydrogens is 293 g/mol. The molecule has 2 fully saturated rings. The Labute approximate surface area is 133 Å². The van der Waals surface area contributed by atoms with Gasteiger partial charge in [-0.15, -0.1) is 5.54 Å². The number of nitrogens with one attached hydrogen (secondary N) is 1. The smallest absolute Gasteiger partial charge is 0.129 e. The normalized spacial score (nSPS) is 23.5. The Morgan fingerprint density at radius 1 is 1.27 bits per heavy atom. The first-order chi connectivity index (χ1) is 10.4. The van der Waals surface area contributed by atoms with E-state index < -0.39 is 8.07 Å². The topological polar surface area (TPSA) is 21.3 Å². The van der Waals surface area contributed by atoms with E-state index >= 15 is 0 Å². The first-order valence-electron chi connectivity index (χ1n) is 8.03. The summed E-state index contributed by atoms with van der Waals surface area (Å²) >= 11 is 0. The molecular formula is C18H24FNOSi. The molecule has 2 aliphatic rings. The number of ether oxygens (including phenoxy) is 1. The maximum atomic E-state index is 14.3. The van der Waals surface area contributed by atoms with Crippen LogP contribution in [0.4, 0.5) is 4.39 Å². The van der Waals surface area contributed by atoms with Gasteiger partial charge in [0.05, 0.1) is 0 Å². The lowest BCUT2D eigenvalue weighted by Crippen LogP contribution is -2.58. The quantitative estimate of drug-likeness (QED) is 0.632. The minimum absolute atomic E-state index is 0.102. The largest absolute Gasteiger partial charge is 0.381 e. The first kappa shape index (κ1) is 15.7. The maximum Gasteiger partial charge on any atom is 0.129 e. The minimum Gasteiger partial charge on any atom is -0.381 e. The average molecular weight is 317 g/mol. The second kappa shape index (κ2) is 5.81. The molecule has 3 rings (SSSR count). The summed E-state index contributed by atoms with van der Waals surface area (Å²) in [5, 5.41) is 3.43. The molecule has 0 radical (unpaired) electrons. The van der Waals surface area contributed by atoms with Crippen LogP contribution in [0.5, 0.6) is 0 Å². The standard InChI is InChI=1S/C18H24FNOSi/c1-22(2,3)11-6-14-4-5-16(19)15(12-14)17-18(13-20-17)7-9-21-10-8-18/h4-5,12,17,20H,7-10,13H2,1-3H3. The SMILES string of the molecule is C[Si](C)(C)C#Cc1ccc(F)c(C2NCC23CCOCC3)c1. The third kappa shape index (κ3) is 3.12. The van der Waals surface area contributed by atoms with Crippen LogP contribution in [0.25, 0.3) is 0 Å². The van der Waals surface area contributed by atoms with Gasteiger partial charge in [0.25, 0.3) is 0 Å². The average Bonchev–Trinajstić information content (AvgIpc) is 2.47. The van der Waals surface area contributed by atoms with Crippen LogP contribution in [0.2, 0.25) is 19.6 Å². The van der Waals surface area contributed by atoms with Gasteiger partial charge in [-0.25, -0.2) is 4.39 Å². The molecule has 1 aromatic carbocycles. The van der Waals surface area contributed by atoms with Crippen LogP contribution in [0, 0.1) is 22.7 Å². The molecule has 1 spiro atoms. The molecule has 0 saturated carbocycles. The number of halogens is 1. The van der Waals surface area contributed by atoms with E-state index in [1.165, 1.54) is 0 Å². The van der Waals surface area contributed by atoms with Crippen molar-refractivity contribution in [2.45, 2.75) is 38.5 Å². The van der Waals surface area contributed by atoms with Gasteiger partial charge in [-0.05, 0) is 31.0 Å². The van der Waals surface area contributed by atoms with Crippen LogP contribution in [0.1, 0.15) is 30.0 Å². The van der Waals surface area contributed by atoms with Gasteiger partial charge < -0.3 is 10.1 Å². The van der Waals surface area contributed by atoms with Gasteiger partial charge in [-0.1, -0.05) is 25.6 Å². The van der Waals surface area contributed by atoms with Crippen molar-refractivity contribution in [2.75, 3.05) is 19.8 Å². The van der Waals surface area contributed by atoms with Crippen molar-refractivity contribution >= 4 is 8.07 Å². The molecule has 2 saturated heterocycles. The van der Waals surface area contributed by atoms with Gasteiger partial charge in [0.15, 0.2) is 0 Å². The van der Waals surface area contributed by atoms with E-state index in [0.717, 1.165) is 43.7 Å². The molecule has 0 aliphatic carbocycles. The second-order valence-corrected chi connectivity index (χ2v) is 12.3. The molecule has 1 N–H and O–H groups in total. The zero-order valence-corrected chi connectivity index (χ0v) is 14.6. The van der Waals surface area contributed by atoms with E-state index in [0.29, 0.717) is 0 Å². The zero-order chi connectivity index (χ0) is 15.8. The highest BCUT2D eigenvalue weighted by atomic mass is 28.3. The molecule has 1 atom stereocenters. The Hall–Kier alpha value is -1.15. The molecule has 4 heteroatoms. The zero-order valence-electron chi connectivity index (χ0n) is 13.6. The summed E-state index contributed by atoms with van der Waals surface area (Å²) in [6.45, 7) is 9.19. The van der Waals surface area contributed by atoms with Gasteiger partial charge >= 0.3 is 0 Å². The summed E-state index contributed by atoms with van der Waals surface area (Å²) in [6, 6.07) is 5.40. The van der Waals surface area contributed by atoms with Crippen molar-refractivity contribution in [1.29, 1.82) is 0 Å². The van der Waals surface area contributed by atoms with Crippen LogP contribution in [0.3, 0.4) is 0 Å². The van der Waals surface area contributed by atoms with E-state index in [1.807, 2.05) is 6.07 Å². The molecule has 2 heterocycles. The van der Waals surface area contributed by atoms with E-state index in [2.05, 4.69) is 36.4 Å². The number of hydrogen-bond acceptors (Lipinski definition) is 2. The number of rotatable bonds is 1. The summed E-state index contributed by atoms with van der Waals surface area (Å²) in [5.74, 6) is 3.12. The minimum atomic E-state index is -1.42. The first-order valence-corrected chi connectivity index (χ1v) is 11.5. The van der Waals surface area contributed by atoms with Crippen molar-refractivity contribution in [3.63, 3.8) is 0 Å². The maximum absolute atomic E-state index is 14.3. The third-order valence-corrected chi connectivity index (χ3v) is 5.52. The molecule has 1 unspecified atom stereocenters. The monoisotopic (exact) mass is 317 g/mol. The molecule has 0 bridgehead atoms. The van der Waals surface area contributed by atoms with Crippen molar-refractivity contribution in [2.24, 2.45) is 5.41 Å². The fraction of sp³-hybridized carbons (Fsp3) is 0.556. The van der Waals surface area contributed by atoms with Crippen LogP contribution < -0.4 is 5.32 Å². The molecule has 0 aromatic heterocycles. The van der Waals surface area contributed by atoms with Gasteiger partial charge in [0, 0.05) is 42.3 Å². The molecule has 2 nitrogen and oxygen atoms in total. The van der Waals surface area contributed by atoms with Crippen LogP contribution >= 0.6 is 0 Å². The van der Waals surface area contributed by atoms with E-state index in [4.69, 9.17) is 4.74 Å². The lowest BCUT2D eigenvalue weighted by Gasteiger charge is -2.53. The Balaban J connectivity index is 1.88. The van der Waals surface area contributed by atoms with E-state index in [-0.39, 0.29) is 17.3 Å². The van der Waals surface area contributed by atoms with Gasteiger partial charge in [-0.2, -0.15) is 0 Å². The predicted molar refractivity (Wildman–Crippen MR) is 89.9 cm³/mol. The highest BCUT2D eigenvalue weighted by Crippen LogP contribution is 2.48. The summed E-state index contributed by atoms with van der Waals surface area (Å²) < 4.78 is 19.8. The number of benzene rings is 1. The van der Waals surface area contributed by atoms with E-state index in [9.17, 15) is 4.39 Å². The summed E-state index contributed by atoms with van der Waals surface area (Å²) in [6.07, 6.45) is 2.02. The summed E-state index contributed by atoms with van der Waals surface area (Å²) in [5.41, 5.74) is 5.23. The van der Waals surface area contributed by atoms with E-state index in [1.54, 1.807) is 12.1 Å². The Morgan fingerprint density at radius 3 is 2.59 bits per heavy atom. The summed E-state index contributed by atoms with van der Waals surface area (Å²) in [4.78, 5) is 0.